The van der Waals surface area contributed by atoms with Crippen LogP contribution in [-0.2, 0) is 4.74 Å². The van der Waals surface area contributed by atoms with E-state index in [9.17, 15) is 0 Å². The molecular formula is C6H12O3S. The summed E-state index contributed by atoms with van der Waals surface area (Å²) < 4.78 is 5.00. The molecule has 1 aliphatic rings. The molecule has 3 atom stereocenters. The van der Waals surface area contributed by atoms with Gasteiger partial charge in [0.1, 0.15) is 5.44 Å². The van der Waals surface area contributed by atoms with Crippen LogP contribution in [0.15, 0.2) is 0 Å². The maximum atomic E-state index is 9.14. The zero-order valence-corrected chi connectivity index (χ0v) is 6.67. The zero-order chi connectivity index (χ0) is 7.56. The van der Waals surface area contributed by atoms with Gasteiger partial charge in [-0.1, -0.05) is 0 Å². The number of aliphatic hydroxyl groups is 2. The minimum Gasteiger partial charge on any atom is -0.390 e. The molecule has 60 valence electrons. The second-order valence-corrected chi connectivity index (χ2v) is 3.56. The van der Waals surface area contributed by atoms with Crippen LogP contribution in [0.25, 0.3) is 0 Å². The van der Waals surface area contributed by atoms with Crippen LogP contribution in [0.3, 0.4) is 0 Å². The standard InChI is InChI=1S/C6H12O3S/c1-9-6-2-4(7)5(8)3-10-6/h4-8H,2-3H2,1H3/t4-,5+,6+/m0/s1. The Balaban J connectivity index is 2.33. The highest BCUT2D eigenvalue weighted by molar-refractivity contribution is 7.99. The molecule has 1 fully saturated rings. The third kappa shape index (κ3) is 1.85. The largest absolute Gasteiger partial charge is 0.390 e. The Kier molecular flexibility index (Phi) is 2.97. The fourth-order valence-corrected chi connectivity index (χ4v) is 2.01. The lowest BCUT2D eigenvalue weighted by Crippen LogP contribution is -2.36. The van der Waals surface area contributed by atoms with Crippen LogP contribution < -0.4 is 0 Å². The van der Waals surface area contributed by atoms with Gasteiger partial charge in [0.2, 0.25) is 0 Å². The average molecular weight is 164 g/mol. The molecule has 0 saturated carbocycles. The first kappa shape index (κ1) is 8.33. The Morgan fingerprint density at radius 1 is 1.40 bits per heavy atom. The van der Waals surface area contributed by atoms with Crippen molar-refractivity contribution in [1.29, 1.82) is 0 Å². The molecule has 0 aromatic heterocycles. The number of hydrogen-bond donors (Lipinski definition) is 2. The normalized spacial score (nSPS) is 41.7. The molecule has 4 heteroatoms. The molecule has 3 nitrogen and oxygen atoms in total. The maximum Gasteiger partial charge on any atom is 0.105 e. The van der Waals surface area contributed by atoms with E-state index in [2.05, 4.69) is 0 Å². The Bertz CT molecular complexity index is 109. The molecule has 1 heterocycles. The van der Waals surface area contributed by atoms with Crippen LogP contribution in [0, 0.1) is 0 Å². The van der Waals surface area contributed by atoms with E-state index in [0.717, 1.165) is 0 Å². The van der Waals surface area contributed by atoms with Gasteiger partial charge in [0, 0.05) is 19.3 Å². The van der Waals surface area contributed by atoms with E-state index in [1.54, 1.807) is 18.9 Å². The third-order valence-corrected chi connectivity index (χ3v) is 2.88. The Hall–Kier alpha value is 0.230. The second-order valence-electron chi connectivity index (χ2n) is 2.37. The molecule has 0 aromatic rings. The Morgan fingerprint density at radius 2 is 2.10 bits per heavy atom. The van der Waals surface area contributed by atoms with Gasteiger partial charge in [-0.05, 0) is 0 Å². The molecule has 1 saturated heterocycles. The van der Waals surface area contributed by atoms with Crippen molar-refractivity contribution in [2.45, 2.75) is 24.1 Å². The van der Waals surface area contributed by atoms with Crippen molar-refractivity contribution < 1.29 is 14.9 Å². The lowest BCUT2D eigenvalue weighted by atomic mass is 10.1. The van der Waals surface area contributed by atoms with Crippen LogP contribution in [0.5, 0.6) is 0 Å². The van der Waals surface area contributed by atoms with Crippen LogP contribution in [0.1, 0.15) is 6.42 Å². The Labute approximate surface area is 64.4 Å². The van der Waals surface area contributed by atoms with Crippen molar-refractivity contribution in [3.8, 4) is 0 Å². The van der Waals surface area contributed by atoms with Gasteiger partial charge in [-0.3, -0.25) is 0 Å². The first-order chi connectivity index (χ1) is 4.74. The van der Waals surface area contributed by atoms with Crippen molar-refractivity contribution in [2.24, 2.45) is 0 Å². The molecule has 0 radical (unpaired) electrons. The fourth-order valence-electron chi connectivity index (χ4n) is 0.904. The van der Waals surface area contributed by atoms with Crippen molar-refractivity contribution >= 4 is 11.8 Å². The molecule has 0 aliphatic carbocycles. The number of rotatable bonds is 1. The summed E-state index contributed by atoms with van der Waals surface area (Å²) in [5, 5.41) is 18.2. The van der Waals surface area contributed by atoms with Crippen molar-refractivity contribution in [1.82, 2.24) is 0 Å². The van der Waals surface area contributed by atoms with Crippen molar-refractivity contribution in [2.75, 3.05) is 12.9 Å². The molecule has 0 spiro atoms. The highest BCUT2D eigenvalue weighted by atomic mass is 32.2. The minimum atomic E-state index is -0.605. The summed E-state index contributed by atoms with van der Waals surface area (Å²) in [5.41, 5.74) is 0.0541. The van der Waals surface area contributed by atoms with Crippen LogP contribution >= 0.6 is 11.8 Å². The van der Waals surface area contributed by atoms with Crippen LogP contribution in [0.2, 0.25) is 0 Å². The molecule has 10 heavy (non-hydrogen) atoms. The zero-order valence-electron chi connectivity index (χ0n) is 5.86. The number of thioether (sulfide) groups is 1. The highest BCUT2D eigenvalue weighted by Crippen LogP contribution is 2.25. The van der Waals surface area contributed by atoms with E-state index in [-0.39, 0.29) is 5.44 Å². The van der Waals surface area contributed by atoms with E-state index in [4.69, 9.17) is 14.9 Å². The van der Waals surface area contributed by atoms with Gasteiger partial charge in [0.15, 0.2) is 0 Å². The van der Waals surface area contributed by atoms with Gasteiger partial charge >= 0.3 is 0 Å². The number of hydrogen-bond acceptors (Lipinski definition) is 4. The fraction of sp³-hybridized carbons (Fsp3) is 1.00. The average Bonchev–Trinajstić information content (AvgIpc) is 1.95. The van der Waals surface area contributed by atoms with Gasteiger partial charge in [-0.25, -0.2) is 0 Å². The summed E-state index contributed by atoms with van der Waals surface area (Å²) in [5.74, 6) is 0.569. The predicted octanol–water partition coefficient (Wildman–Crippen LogP) is -0.182. The molecular weight excluding hydrogens is 152 g/mol. The summed E-state index contributed by atoms with van der Waals surface area (Å²) in [6, 6.07) is 0. The molecule has 0 unspecified atom stereocenters. The second kappa shape index (κ2) is 3.57. The lowest BCUT2D eigenvalue weighted by Gasteiger charge is -2.28. The van der Waals surface area contributed by atoms with Crippen molar-refractivity contribution in [3.63, 3.8) is 0 Å². The van der Waals surface area contributed by atoms with Gasteiger partial charge in [0.25, 0.3) is 0 Å². The quantitative estimate of drug-likeness (QED) is 0.564. The first-order valence-electron chi connectivity index (χ1n) is 3.24. The predicted molar refractivity (Wildman–Crippen MR) is 39.9 cm³/mol. The summed E-state index contributed by atoms with van der Waals surface area (Å²) in [6.07, 6.45) is -0.648. The smallest absolute Gasteiger partial charge is 0.105 e. The number of ether oxygens (including phenoxy) is 1. The van der Waals surface area contributed by atoms with E-state index in [1.165, 1.54) is 0 Å². The lowest BCUT2D eigenvalue weighted by molar-refractivity contribution is -0.000518. The van der Waals surface area contributed by atoms with Gasteiger partial charge < -0.3 is 14.9 Å². The third-order valence-electron chi connectivity index (χ3n) is 1.59. The summed E-state index contributed by atoms with van der Waals surface area (Å²) in [7, 11) is 1.61. The highest BCUT2D eigenvalue weighted by Gasteiger charge is 2.27. The van der Waals surface area contributed by atoms with Crippen LogP contribution in [-0.4, -0.2) is 40.7 Å². The summed E-state index contributed by atoms with van der Waals surface area (Å²) in [4.78, 5) is 0. The molecule has 0 amide bonds. The van der Waals surface area contributed by atoms with Crippen LogP contribution in [0.4, 0.5) is 0 Å². The van der Waals surface area contributed by atoms with E-state index in [0.29, 0.717) is 12.2 Å². The van der Waals surface area contributed by atoms with Gasteiger partial charge in [0.05, 0.1) is 12.2 Å². The van der Waals surface area contributed by atoms with Gasteiger partial charge in [-0.2, -0.15) is 0 Å². The molecule has 1 aliphatic heterocycles. The molecule has 0 bridgehead atoms. The molecule has 2 N–H and O–H groups in total. The van der Waals surface area contributed by atoms with E-state index in [1.807, 2.05) is 0 Å². The number of methoxy groups -OCH3 is 1. The van der Waals surface area contributed by atoms with Gasteiger partial charge in [-0.15, -0.1) is 11.8 Å². The first-order valence-corrected chi connectivity index (χ1v) is 4.29. The van der Waals surface area contributed by atoms with E-state index >= 15 is 0 Å². The molecule has 0 aromatic carbocycles. The molecule has 1 rings (SSSR count). The SMILES string of the molecule is CO[C@H]1C[C@H](O)[C@H](O)CS1. The summed E-state index contributed by atoms with van der Waals surface area (Å²) in [6.45, 7) is 0. The Morgan fingerprint density at radius 3 is 2.60 bits per heavy atom. The van der Waals surface area contributed by atoms with Crippen molar-refractivity contribution in [3.05, 3.63) is 0 Å². The number of aliphatic hydroxyl groups excluding tert-OH is 2. The monoisotopic (exact) mass is 164 g/mol. The maximum absolute atomic E-state index is 9.14. The minimum absolute atomic E-state index is 0.0541. The van der Waals surface area contributed by atoms with E-state index < -0.39 is 12.2 Å². The summed E-state index contributed by atoms with van der Waals surface area (Å²) >= 11 is 1.54. The topological polar surface area (TPSA) is 49.7 Å².